The number of carbonyl (C=O) groups is 1. The normalized spacial score (nSPS) is 16.6. The highest BCUT2D eigenvalue weighted by atomic mass is 16.5. The fourth-order valence-corrected chi connectivity index (χ4v) is 3.64. The number of amides is 1. The molecule has 148 valence electrons. The van der Waals surface area contributed by atoms with Gasteiger partial charge in [-0.3, -0.25) is 14.2 Å². The van der Waals surface area contributed by atoms with Crippen molar-refractivity contribution in [2.24, 2.45) is 0 Å². The largest absolute Gasteiger partial charge is 0.463 e. The maximum atomic E-state index is 13.2. The fraction of sp³-hybridized carbons (Fsp3) is 0.300. The minimum absolute atomic E-state index is 0.0437. The molecule has 0 aliphatic carbocycles. The van der Waals surface area contributed by atoms with Crippen LogP contribution in [-0.2, 0) is 16.1 Å². The third-order valence-electron chi connectivity index (χ3n) is 5.06. The number of rotatable bonds is 5. The minimum atomic E-state index is -0.317. The zero-order valence-corrected chi connectivity index (χ0v) is 15.6. The summed E-state index contributed by atoms with van der Waals surface area (Å²) in [6.07, 6.45) is 5.16. The molecule has 1 saturated heterocycles. The number of fused-ring (bicyclic) bond motifs is 3. The number of hydrogen-bond acceptors (Lipinski definition) is 6. The van der Waals surface area contributed by atoms with Crippen LogP contribution in [-0.4, -0.2) is 44.3 Å². The van der Waals surface area contributed by atoms with Crippen molar-refractivity contribution < 1.29 is 13.9 Å². The third kappa shape index (κ3) is 3.19. The lowest BCUT2D eigenvalue weighted by Crippen LogP contribution is -2.37. The molecule has 4 aromatic rings. The van der Waals surface area contributed by atoms with Gasteiger partial charge in [0.05, 0.1) is 17.9 Å². The molecule has 1 fully saturated rings. The molecule has 29 heavy (non-hydrogen) atoms. The second-order valence-corrected chi connectivity index (χ2v) is 6.98. The fourth-order valence-electron chi connectivity index (χ4n) is 3.64. The molecule has 0 aromatic carbocycles. The maximum Gasteiger partial charge on any atom is 0.277 e. The van der Waals surface area contributed by atoms with Gasteiger partial charge in [0.25, 0.3) is 5.56 Å². The van der Waals surface area contributed by atoms with E-state index in [9.17, 15) is 9.59 Å². The molecule has 0 unspecified atom stereocenters. The number of carbonyl (C=O) groups excluding carboxylic acids is 1. The van der Waals surface area contributed by atoms with E-state index in [0.29, 0.717) is 34.7 Å². The Morgan fingerprint density at radius 3 is 3.00 bits per heavy atom. The van der Waals surface area contributed by atoms with Crippen molar-refractivity contribution in [2.45, 2.75) is 25.5 Å². The van der Waals surface area contributed by atoms with Crippen LogP contribution in [0.4, 0.5) is 0 Å². The summed E-state index contributed by atoms with van der Waals surface area (Å²) in [4.78, 5) is 30.0. The average molecular weight is 393 g/mol. The molecule has 4 aromatic heterocycles. The standard InChI is InChI=1S/C20H19N5O4/c26-18(22-11-13-4-2-8-28-13)12-24-15-5-1-7-21-19(15)25-16(20(24)27)10-14(23-25)17-6-3-9-29-17/h1,3,5-7,9-10,13H,2,4,8,11-12H2,(H,22,26)/t13-/m0/s1. The highest BCUT2D eigenvalue weighted by Crippen LogP contribution is 2.21. The van der Waals surface area contributed by atoms with Crippen molar-refractivity contribution in [2.75, 3.05) is 13.2 Å². The Morgan fingerprint density at radius 1 is 1.28 bits per heavy atom. The van der Waals surface area contributed by atoms with Crippen molar-refractivity contribution in [3.8, 4) is 11.5 Å². The van der Waals surface area contributed by atoms with E-state index in [-0.39, 0.29) is 24.1 Å². The van der Waals surface area contributed by atoms with Gasteiger partial charge in [0.2, 0.25) is 5.91 Å². The Bertz CT molecular complexity index is 1240. The van der Waals surface area contributed by atoms with Crippen LogP contribution in [0.3, 0.4) is 0 Å². The molecule has 1 amide bonds. The molecule has 0 bridgehead atoms. The van der Waals surface area contributed by atoms with Crippen LogP contribution in [0.5, 0.6) is 0 Å². The SMILES string of the molecule is O=C(Cn1c(=O)c2cc(-c3ccco3)nn2c2ncccc21)NC[C@@H]1CCCO1. The Kier molecular flexibility index (Phi) is 4.36. The summed E-state index contributed by atoms with van der Waals surface area (Å²) in [5, 5.41) is 7.34. The molecule has 5 rings (SSSR count). The first kappa shape index (κ1) is 17.6. The monoisotopic (exact) mass is 393 g/mol. The van der Waals surface area contributed by atoms with Crippen LogP contribution in [0.25, 0.3) is 28.1 Å². The van der Waals surface area contributed by atoms with E-state index in [0.717, 1.165) is 19.4 Å². The van der Waals surface area contributed by atoms with Gasteiger partial charge in [0.15, 0.2) is 11.4 Å². The Labute approximate surface area is 164 Å². The number of pyridine rings is 1. The number of ether oxygens (including phenoxy) is 1. The second kappa shape index (κ2) is 7.17. The maximum absolute atomic E-state index is 13.2. The molecule has 0 radical (unpaired) electrons. The summed E-state index contributed by atoms with van der Waals surface area (Å²) in [5.74, 6) is 0.306. The first-order valence-corrected chi connectivity index (χ1v) is 9.50. The van der Waals surface area contributed by atoms with Crippen molar-refractivity contribution in [1.82, 2.24) is 24.5 Å². The van der Waals surface area contributed by atoms with Crippen LogP contribution in [0, 0.1) is 0 Å². The lowest BCUT2D eigenvalue weighted by molar-refractivity contribution is -0.122. The van der Waals surface area contributed by atoms with Gasteiger partial charge in [0, 0.05) is 25.4 Å². The molecule has 1 aliphatic heterocycles. The Balaban J connectivity index is 1.54. The summed E-state index contributed by atoms with van der Waals surface area (Å²) in [7, 11) is 0. The number of hydrogen-bond donors (Lipinski definition) is 1. The third-order valence-corrected chi connectivity index (χ3v) is 5.06. The van der Waals surface area contributed by atoms with E-state index in [4.69, 9.17) is 9.15 Å². The van der Waals surface area contributed by atoms with Gasteiger partial charge in [0.1, 0.15) is 17.8 Å². The molecular formula is C20H19N5O4. The smallest absolute Gasteiger partial charge is 0.277 e. The van der Waals surface area contributed by atoms with E-state index < -0.39 is 0 Å². The molecule has 9 heteroatoms. The quantitative estimate of drug-likeness (QED) is 0.552. The predicted octanol–water partition coefficient (Wildman–Crippen LogP) is 1.60. The van der Waals surface area contributed by atoms with Gasteiger partial charge in [-0.1, -0.05) is 0 Å². The highest BCUT2D eigenvalue weighted by Gasteiger charge is 2.19. The average Bonchev–Trinajstić information content (AvgIpc) is 3.50. The predicted molar refractivity (Wildman–Crippen MR) is 104 cm³/mol. The van der Waals surface area contributed by atoms with Crippen molar-refractivity contribution >= 4 is 22.6 Å². The van der Waals surface area contributed by atoms with Gasteiger partial charge in [-0.15, -0.1) is 0 Å². The molecule has 0 spiro atoms. The summed E-state index contributed by atoms with van der Waals surface area (Å²) < 4.78 is 13.8. The Morgan fingerprint density at radius 2 is 2.21 bits per heavy atom. The van der Waals surface area contributed by atoms with Gasteiger partial charge in [-0.25, -0.2) is 9.50 Å². The lowest BCUT2D eigenvalue weighted by atomic mass is 10.2. The zero-order valence-electron chi connectivity index (χ0n) is 15.6. The highest BCUT2D eigenvalue weighted by molar-refractivity contribution is 5.81. The van der Waals surface area contributed by atoms with Crippen molar-refractivity contribution in [1.29, 1.82) is 0 Å². The minimum Gasteiger partial charge on any atom is -0.463 e. The van der Waals surface area contributed by atoms with Gasteiger partial charge < -0.3 is 14.5 Å². The first-order chi connectivity index (χ1) is 14.2. The molecule has 1 aliphatic rings. The van der Waals surface area contributed by atoms with E-state index in [2.05, 4.69) is 15.4 Å². The van der Waals surface area contributed by atoms with Crippen LogP contribution in [0.1, 0.15) is 12.8 Å². The van der Waals surface area contributed by atoms with E-state index in [1.54, 1.807) is 42.8 Å². The van der Waals surface area contributed by atoms with E-state index >= 15 is 0 Å². The zero-order chi connectivity index (χ0) is 19.8. The van der Waals surface area contributed by atoms with Gasteiger partial charge >= 0.3 is 0 Å². The van der Waals surface area contributed by atoms with Crippen molar-refractivity contribution in [3.63, 3.8) is 0 Å². The number of nitrogens with zero attached hydrogens (tertiary/aromatic N) is 4. The molecule has 5 heterocycles. The summed E-state index contributed by atoms with van der Waals surface area (Å²) in [6, 6.07) is 8.66. The topological polar surface area (TPSA) is 104 Å². The van der Waals surface area contributed by atoms with Crippen LogP contribution in [0.15, 0.2) is 52.0 Å². The number of aromatic nitrogens is 4. The summed E-state index contributed by atoms with van der Waals surface area (Å²) in [5.41, 5.74) is 1.57. The number of nitrogens with one attached hydrogen (secondary N) is 1. The Hall–Kier alpha value is -3.46. The first-order valence-electron chi connectivity index (χ1n) is 9.50. The van der Waals surface area contributed by atoms with Gasteiger partial charge in [-0.05, 0) is 37.1 Å². The van der Waals surface area contributed by atoms with Crippen LogP contribution < -0.4 is 10.9 Å². The van der Waals surface area contributed by atoms with Crippen LogP contribution >= 0.6 is 0 Å². The van der Waals surface area contributed by atoms with Crippen LogP contribution in [0.2, 0.25) is 0 Å². The molecule has 9 nitrogen and oxygen atoms in total. The van der Waals surface area contributed by atoms with E-state index in [1.807, 2.05) is 0 Å². The molecule has 1 atom stereocenters. The molecule has 0 saturated carbocycles. The second-order valence-electron chi connectivity index (χ2n) is 6.98. The van der Waals surface area contributed by atoms with Crippen molar-refractivity contribution in [3.05, 3.63) is 53.1 Å². The number of furan rings is 1. The molecular weight excluding hydrogens is 374 g/mol. The summed E-state index contributed by atoms with van der Waals surface area (Å²) >= 11 is 0. The van der Waals surface area contributed by atoms with E-state index in [1.165, 1.54) is 9.08 Å². The van der Waals surface area contributed by atoms with Gasteiger partial charge in [-0.2, -0.15) is 5.10 Å². The summed E-state index contributed by atoms with van der Waals surface area (Å²) in [6.45, 7) is 1.07. The lowest BCUT2D eigenvalue weighted by Gasteiger charge is -2.13. The molecule has 1 N–H and O–H groups in total.